The highest BCUT2D eigenvalue weighted by Gasteiger charge is 2.45. The molecule has 2 fully saturated rings. The van der Waals surface area contributed by atoms with Gasteiger partial charge in [0.1, 0.15) is 18.0 Å². The molecule has 2 unspecified atom stereocenters. The maximum atomic E-state index is 13.2. The molecule has 0 aliphatic carbocycles. The molecule has 7 nitrogen and oxygen atoms in total. The fraction of sp³-hybridized carbons (Fsp3) is 0.536. The van der Waals surface area contributed by atoms with Gasteiger partial charge in [0.05, 0.1) is 17.8 Å². The van der Waals surface area contributed by atoms with Crippen LogP contribution in [-0.4, -0.2) is 54.4 Å². The SMILES string of the molecule is CCOC1CC(c2ccccc2)OC2(CCN(C(=O)c3ccc(OCC(C)(C)ON)cc3)CC2)C1. The summed E-state index contributed by atoms with van der Waals surface area (Å²) in [5.74, 6) is 5.99. The molecule has 1 amide bonds. The molecule has 2 atom stereocenters. The van der Waals surface area contributed by atoms with Crippen LogP contribution in [0.3, 0.4) is 0 Å². The molecule has 2 aliphatic heterocycles. The van der Waals surface area contributed by atoms with Crippen LogP contribution in [0.5, 0.6) is 5.75 Å². The van der Waals surface area contributed by atoms with E-state index in [-0.39, 0.29) is 23.7 Å². The van der Waals surface area contributed by atoms with Gasteiger partial charge in [-0.05, 0) is 63.4 Å². The van der Waals surface area contributed by atoms with Crippen LogP contribution < -0.4 is 10.6 Å². The summed E-state index contributed by atoms with van der Waals surface area (Å²) in [6.45, 7) is 8.09. The summed E-state index contributed by atoms with van der Waals surface area (Å²) < 4.78 is 18.5. The van der Waals surface area contributed by atoms with Crippen molar-refractivity contribution in [1.29, 1.82) is 0 Å². The Morgan fingerprint density at radius 3 is 2.43 bits per heavy atom. The first-order chi connectivity index (χ1) is 16.8. The normalized spacial score (nSPS) is 22.2. The monoisotopic (exact) mass is 482 g/mol. The van der Waals surface area contributed by atoms with Crippen molar-refractivity contribution in [2.75, 3.05) is 26.3 Å². The predicted molar refractivity (Wildman–Crippen MR) is 134 cm³/mol. The highest BCUT2D eigenvalue weighted by atomic mass is 16.6. The Hall–Kier alpha value is -2.45. The molecule has 2 heterocycles. The summed E-state index contributed by atoms with van der Waals surface area (Å²) in [6, 6.07) is 17.6. The van der Waals surface area contributed by atoms with E-state index in [1.807, 2.05) is 56.0 Å². The predicted octanol–water partition coefficient (Wildman–Crippen LogP) is 4.67. The number of ether oxygens (including phenoxy) is 3. The van der Waals surface area contributed by atoms with Crippen LogP contribution in [0, 0.1) is 0 Å². The maximum absolute atomic E-state index is 13.2. The average Bonchev–Trinajstić information content (AvgIpc) is 2.88. The summed E-state index contributed by atoms with van der Waals surface area (Å²) >= 11 is 0. The molecule has 2 N–H and O–H groups in total. The summed E-state index contributed by atoms with van der Waals surface area (Å²) in [7, 11) is 0. The van der Waals surface area contributed by atoms with Crippen LogP contribution >= 0.6 is 0 Å². The van der Waals surface area contributed by atoms with Gasteiger partial charge in [0, 0.05) is 38.1 Å². The van der Waals surface area contributed by atoms with Crippen molar-refractivity contribution in [3.8, 4) is 5.75 Å². The molecule has 1 spiro atoms. The average molecular weight is 483 g/mol. The van der Waals surface area contributed by atoms with Gasteiger partial charge in [0.2, 0.25) is 0 Å². The Morgan fingerprint density at radius 2 is 1.80 bits per heavy atom. The van der Waals surface area contributed by atoms with Crippen molar-refractivity contribution < 1.29 is 23.8 Å². The minimum atomic E-state index is -0.583. The Morgan fingerprint density at radius 1 is 1.11 bits per heavy atom. The zero-order valence-electron chi connectivity index (χ0n) is 21.1. The maximum Gasteiger partial charge on any atom is 0.253 e. The van der Waals surface area contributed by atoms with Gasteiger partial charge in [-0.1, -0.05) is 30.3 Å². The van der Waals surface area contributed by atoms with Gasteiger partial charge in [-0.2, -0.15) is 0 Å². The minimum Gasteiger partial charge on any atom is -0.491 e. The standard InChI is InChI=1S/C28H38N2O5/c1-4-32-24-18-25(21-8-6-5-7-9-21)34-28(19-24)14-16-30(17-15-28)26(31)22-10-12-23(13-11-22)33-20-27(2,3)35-29/h5-13,24-25H,4,14-20,29H2,1-3H3. The lowest BCUT2D eigenvalue weighted by Crippen LogP contribution is -2.52. The summed E-state index contributed by atoms with van der Waals surface area (Å²) in [6.07, 6.45) is 3.54. The highest BCUT2D eigenvalue weighted by Crippen LogP contribution is 2.44. The van der Waals surface area contributed by atoms with Crippen molar-refractivity contribution in [3.05, 3.63) is 65.7 Å². The van der Waals surface area contributed by atoms with E-state index in [2.05, 4.69) is 24.3 Å². The van der Waals surface area contributed by atoms with E-state index >= 15 is 0 Å². The van der Waals surface area contributed by atoms with Gasteiger partial charge in [-0.3, -0.25) is 9.63 Å². The molecule has 0 radical (unpaired) electrons. The molecular formula is C28H38N2O5. The zero-order valence-corrected chi connectivity index (χ0v) is 21.1. The van der Waals surface area contributed by atoms with E-state index < -0.39 is 5.60 Å². The molecule has 2 aromatic rings. The van der Waals surface area contributed by atoms with Crippen molar-refractivity contribution in [2.45, 2.75) is 69.9 Å². The van der Waals surface area contributed by atoms with Gasteiger partial charge in [0.25, 0.3) is 5.91 Å². The van der Waals surface area contributed by atoms with E-state index in [1.165, 1.54) is 5.56 Å². The number of likely N-dealkylation sites (tertiary alicyclic amines) is 1. The van der Waals surface area contributed by atoms with E-state index in [9.17, 15) is 4.79 Å². The highest BCUT2D eigenvalue weighted by molar-refractivity contribution is 5.94. The number of nitrogens with zero attached hydrogens (tertiary/aromatic N) is 1. The van der Waals surface area contributed by atoms with Crippen molar-refractivity contribution in [1.82, 2.24) is 4.90 Å². The van der Waals surface area contributed by atoms with Gasteiger partial charge >= 0.3 is 0 Å². The number of piperidine rings is 1. The molecule has 190 valence electrons. The summed E-state index contributed by atoms with van der Waals surface area (Å²) in [4.78, 5) is 20.0. The van der Waals surface area contributed by atoms with Crippen LogP contribution in [0.15, 0.2) is 54.6 Å². The Labute approximate surface area is 208 Å². The summed E-state index contributed by atoms with van der Waals surface area (Å²) in [5, 5.41) is 0. The second kappa shape index (κ2) is 11.1. The van der Waals surface area contributed by atoms with Crippen LogP contribution in [0.2, 0.25) is 0 Å². The molecule has 2 saturated heterocycles. The first kappa shape index (κ1) is 25.6. The molecule has 0 saturated carbocycles. The molecule has 7 heteroatoms. The van der Waals surface area contributed by atoms with Crippen molar-refractivity contribution in [2.24, 2.45) is 5.90 Å². The van der Waals surface area contributed by atoms with Crippen LogP contribution in [0.1, 0.15) is 68.5 Å². The number of carbonyl (C=O) groups excluding carboxylic acids is 1. The van der Waals surface area contributed by atoms with Gasteiger partial charge in [0.15, 0.2) is 0 Å². The number of hydrogen-bond donors (Lipinski definition) is 1. The summed E-state index contributed by atoms with van der Waals surface area (Å²) in [5.41, 5.74) is 1.01. The van der Waals surface area contributed by atoms with Crippen molar-refractivity contribution in [3.63, 3.8) is 0 Å². The molecule has 4 rings (SSSR count). The van der Waals surface area contributed by atoms with Crippen molar-refractivity contribution >= 4 is 5.91 Å². The van der Waals surface area contributed by atoms with E-state index in [4.69, 9.17) is 24.9 Å². The third-order valence-corrected chi connectivity index (χ3v) is 7.01. The van der Waals surface area contributed by atoms with Crippen LogP contribution in [0.4, 0.5) is 0 Å². The smallest absolute Gasteiger partial charge is 0.253 e. The Kier molecular flexibility index (Phi) is 8.12. The first-order valence-corrected chi connectivity index (χ1v) is 12.6. The number of rotatable bonds is 8. The molecule has 35 heavy (non-hydrogen) atoms. The lowest BCUT2D eigenvalue weighted by atomic mass is 9.80. The van der Waals surface area contributed by atoms with Crippen LogP contribution in [-0.2, 0) is 14.3 Å². The Balaban J connectivity index is 1.37. The largest absolute Gasteiger partial charge is 0.491 e. The number of benzene rings is 2. The topological polar surface area (TPSA) is 83.2 Å². The van der Waals surface area contributed by atoms with E-state index in [1.54, 1.807) is 0 Å². The third-order valence-electron chi connectivity index (χ3n) is 7.01. The fourth-order valence-electron chi connectivity index (χ4n) is 4.98. The lowest BCUT2D eigenvalue weighted by Gasteiger charge is -2.48. The number of amides is 1. The third kappa shape index (κ3) is 6.41. The minimum absolute atomic E-state index is 0.0194. The molecule has 2 aromatic carbocycles. The first-order valence-electron chi connectivity index (χ1n) is 12.6. The number of hydrogen-bond acceptors (Lipinski definition) is 6. The molecular weight excluding hydrogens is 444 g/mol. The second-order valence-electron chi connectivity index (χ2n) is 10.2. The second-order valence-corrected chi connectivity index (χ2v) is 10.2. The molecule has 2 aliphatic rings. The quantitative estimate of drug-likeness (QED) is 0.551. The molecule has 0 aromatic heterocycles. The zero-order chi connectivity index (χ0) is 24.9. The van der Waals surface area contributed by atoms with Gasteiger partial charge < -0.3 is 19.1 Å². The van der Waals surface area contributed by atoms with Crippen LogP contribution in [0.25, 0.3) is 0 Å². The fourth-order valence-corrected chi connectivity index (χ4v) is 4.98. The van der Waals surface area contributed by atoms with Gasteiger partial charge in [-0.15, -0.1) is 0 Å². The number of nitrogens with two attached hydrogens (primary N) is 1. The lowest BCUT2D eigenvalue weighted by molar-refractivity contribution is -0.190. The number of carbonyl (C=O) groups is 1. The Bertz CT molecular complexity index is 955. The van der Waals surface area contributed by atoms with E-state index in [0.717, 1.165) is 25.7 Å². The molecule has 0 bridgehead atoms. The van der Waals surface area contributed by atoms with Gasteiger partial charge in [-0.25, -0.2) is 5.90 Å². The van der Waals surface area contributed by atoms with E-state index in [0.29, 0.717) is 37.6 Å².